The summed E-state index contributed by atoms with van der Waals surface area (Å²) in [5.41, 5.74) is 8.14. The number of nitrogens with zero attached hydrogens (tertiary/aromatic N) is 1. The van der Waals surface area contributed by atoms with Gasteiger partial charge in [0.05, 0.1) is 18.1 Å². The lowest BCUT2D eigenvalue weighted by Gasteiger charge is -2.46. The van der Waals surface area contributed by atoms with E-state index in [1.54, 1.807) is 18.7 Å². The molecule has 0 spiro atoms. The van der Waals surface area contributed by atoms with E-state index in [0.717, 1.165) is 29.9 Å². The van der Waals surface area contributed by atoms with E-state index in [0.29, 0.717) is 12.6 Å². The van der Waals surface area contributed by atoms with Gasteiger partial charge in [-0.2, -0.15) is 0 Å². The van der Waals surface area contributed by atoms with Crippen LogP contribution in [0, 0.1) is 11.8 Å². The maximum atomic E-state index is 12.5. The van der Waals surface area contributed by atoms with Gasteiger partial charge in [-0.1, -0.05) is 31.2 Å². The Labute approximate surface area is 180 Å². The molecule has 3 aliphatic rings. The van der Waals surface area contributed by atoms with Gasteiger partial charge in [0.15, 0.2) is 0 Å². The third-order valence-corrected chi connectivity index (χ3v) is 8.04. The van der Waals surface area contributed by atoms with Crippen LogP contribution in [0.25, 0.3) is 0 Å². The molecule has 2 fully saturated rings. The smallest absolute Gasteiger partial charge is 0.353 e. The van der Waals surface area contributed by atoms with Gasteiger partial charge in [0.25, 0.3) is 0 Å². The molecular formula is C22H29N3O4S. The van der Waals surface area contributed by atoms with Crippen LogP contribution in [0.3, 0.4) is 0 Å². The van der Waals surface area contributed by atoms with E-state index < -0.39 is 18.0 Å². The number of fused-ring (bicyclic) bond motifs is 1. The van der Waals surface area contributed by atoms with Crippen molar-refractivity contribution in [2.24, 2.45) is 17.6 Å². The minimum Gasteiger partial charge on any atom is -0.477 e. The average molecular weight is 432 g/mol. The van der Waals surface area contributed by atoms with Gasteiger partial charge in [-0.15, -0.1) is 11.8 Å². The Morgan fingerprint density at radius 2 is 2.00 bits per heavy atom. The minimum absolute atomic E-state index is 0.0822. The number of β-lactam (4-membered cyclic amide) rings is 1. The topological polar surface area (TPSA) is 116 Å². The molecule has 0 saturated carbocycles. The zero-order valence-electron chi connectivity index (χ0n) is 17.2. The van der Waals surface area contributed by atoms with Gasteiger partial charge in [0, 0.05) is 35.2 Å². The number of carbonyl (C=O) groups is 2. The van der Waals surface area contributed by atoms with Gasteiger partial charge < -0.3 is 26.2 Å². The molecule has 0 aromatic heterocycles. The van der Waals surface area contributed by atoms with E-state index in [9.17, 15) is 19.8 Å². The zero-order valence-corrected chi connectivity index (χ0v) is 18.1. The predicted molar refractivity (Wildman–Crippen MR) is 115 cm³/mol. The number of nitrogens with one attached hydrogen (secondary N) is 1. The Kier molecular flexibility index (Phi) is 5.94. The zero-order chi connectivity index (χ0) is 21.6. The Balaban J connectivity index is 1.43. The number of aliphatic carboxylic acids is 1. The molecule has 162 valence electrons. The van der Waals surface area contributed by atoms with E-state index >= 15 is 0 Å². The molecule has 3 heterocycles. The third kappa shape index (κ3) is 3.66. The maximum absolute atomic E-state index is 12.5. The van der Waals surface area contributed by atoms with Crippen molar-refractivity contribution < 1.29 is 19.8 Å². The number of carboxylic acid groups (broad SMARTS) is 1. The summed E-state index contributed by atoms with van der Waals surface area (Å²) in [4.78, 5) is 26.6. The highest BCUT2D eigenvalue weighted by Crippen LogP contribution is 2.51. The Hall–Kier alpha value is -1.87. The van der Waals surface area contributed by atoms with E-state index in [1.165, 1.54) is 10.5 Å². The van der Waals surface area contributed by atoms with Crippen molar-refractivity contribution in [2.75, 3.05) is 6.54 Å². The quantitative estimate of drug-likeness (QED) is 0.481. The number of rotatable bonds is 7. The third-order valence-electron chi connectivity index (χ3n) is 6.53. The second-order valence-corrected chi connectivity index (χ2v) is 9.92. The molecule has 0 radical (unpaired) electrons. The number of carboxylic acids is 1. The summed E-state index contributed by atoms with van der Waals surface area (Å²) in [6.07, 6.45) is 1.08. The largest absolute Gasteiger partial charge is 0.477 e. The van der Waals surface area contributed by atoms with Crippen LogP contribution >= 0.6 is 11.8 Å². The highest BCUT2D eigenvalue weighted by atomic mass is 32.2. The summed E-state index contributed by atoms with van der Waals surface area (Å²) >= 11 is 1.59. The molecule has 30 heavy (non-hydrogen) atoms. The first-order valence-corrected chi connectivity index (χ1v) is 11.4. The molecule has 0 bridgehead atoms. The fraction of sp³-hybridized carbons (Fsp3) is 0.545. The van der Waals surface area contributed by atoms with Crippen molar-refractivity contribution in [1.29, 1.82) is 0 Å². The first-order valence-electron chi connectivity index (χ1n) is 10.5. The highest BCUT2D eigenvalue weighted by molar-refractivity contribution is 8.03. The summed E-state index contributed by atoms with van der Waals surface area (Å²) < 4.78 is 0. The summed E-state index contributed by atoms with van der Waals surface area (Å²) in [6, 6.07) is 8.42. The van der Waals surface area contributed by atoms with Gasteiger partial charge in [-0.05, 0) is 30.9 Å². The molecule has 3 aliphatic heterocycles. The molecule has 1 aromatic rings. The van der Waals surface area contributed by atoms with Crippen molar-refractivity contribution >= 4 is 23.6 Å². The number of hydrogen-bond acceptors (Lipinski definition) is 6. The molecule has 2 saturated heterocycles. The number of nitrogens with two attached hydrogens (primary N) is 1. The first kappa shape index (κ1) is 21.4. The lowest BCUT2D eigenvalue weighted by Crippen LogP contribution is -2.63. The number of amides is 1. The number of carbonyl (C=O) groups excluding carboxylic acids is 1. The van der Waals surface area contributed by atoms with Crippen LogP contribution in [0.15, 0.2) is 34.9 Å². The van der Waals surface area contributed by atoms with Gasteiger partial charge in [-0.25, -0.2) is 4.79 Å². The van der Waals surface area contributed by atoms with E-state index in [-0.39, 0.29) is 28.8 Å². The Bertz CT molecular complexity index is 870. The molecule has 0 unspecified atom stereocenters. The van der Waals surface area contributed by atoms with Crippen LogP contribution in [0.4, 0.5) is 0 Å². The van der Waals surface area contributed by atoms with Crippen molar-refractivity contribution in [3.05, 3.63) is 46.0 Å². The molecule has 7 nitrogen and oxygen atoms in total. The van der Waals surface area contributed by atoms with Crippen LogP contribution in [-0.2, 0) is 22.6 Å². The Morgan fingerprint density at radius 3 is 2.60 bits per heavy atom. The van der Waals surface area contributed by atoms with Crippen LogP contribution in [0.2, 0.25) is 0 Å². The molecule has 1 aromatic carbocycles. The number of hydrogen-bond donors (Lipinski definition) is 4. The van der Waals surface area contributed by atoms with Gasteiger partial charge in [-0.3, -0.25) is 4.79 Å². The van der Waals surface area contributed by atoms with Crippen molar-refractivity contribution in [3.63, 3.8) is 0 Å². The fourth-order valence-electron chi connectivity index (χ4n) is 4.98. The number of benzene rings is 1. The maximum Gasteiger partial charge on any atom is 0.353 e. The second kappa shape index (κ2) is 8.34. The van der Waals surface area contributed by atoms with Crippen LogP contribution in [0.1, 0.15) is 31.4 Å². The number of aliphatic hydroxyl groups is 1. The van der Waals surface area contributed by atoms with E-state index in [4.69, 9.17) is 5.73 Å². The minimum atomic E-state index is -1.06. The van der Waals surface area contributed by atoms with Crippen LogP contribution < -0.4 is 11.1 Å². The standard InChI is InChI=1S/C22H29N3O4S/c1-11-18-17(12(2)26)21(27)25(18)19(22(28)29)20(11)30-16-8-15(24-10-16)7-13-3-5-14(9-23)6-4-13/h3-6,11-12,15-18,24,26H,7-10,23H2,1-2H3,(H,28,29)/t11-,12-,15+,16+,17-,18-/m1/s1. The molecule has 5 N–H and O–H groups in total. The van der Waals surface area contributed by atoms with Crippen LogP contribution in [0.5, 0.6) is 0 Å². The van der Waals surface area contributed by atoms with Crippen molar-refractivity contribution in [2.45, 2.75) is 56.7 Å². The summed E-state index contributed by atoms with van der Waals surface area (Å²) in [5.74, 6) is -1.94. The molecule has 0 aliphatic carbocycles. The second-order valence-electron chi connectivity index (χ2n) is 8.58. The summed E-state index contributed by atoms with van der Waals surface area (Å²) in [7, 11) is 0. The number of aliphatic hydroxyl groups excluding tert-OH is 1. The Morgan fingerprint density at radius 1 is 1.33 bits per heavy atom. The lowest BCUT2D eigenvalue weighted by atomic mass is 9.79. The van der Waals surface area contributed by atoms with Gasteiger partial charge in [0.1, 0.15) is 5.70 Å². The fourth-order valence-corrected chi connectivity index (χ4v) is 6.50. The average Bonchev–Trinajstić information content (AvgIpc) is 3.23. The molecule has 1 amide bonds. The highest BCUT2D eigenvalue weighted by Gasteiger charge is 2.60. The molecular weight excluding hydrogens is 402 g/mol. The summed E-state index contributed by atoms with van der Waals surface area (Å²) in [6.45, 7) is 4.91. The predicted octanol–water partition coefficient (Wildman–Crippen LogP) is 1.31. The van der Waals surface area contributed by atoms with Crippen molar-refractivity contribution in [1.82, 2.24) is 10.2 Å². The van der Waals surface area contributed by atoms with Crippen molar-refractivity contribution in [3.8, 4) is 0 Å². The first-order chi connectivity index (χ1) is 14.3. The van der Waals surface area contributed by atoms with Gasteiger partial charge >= 0.3 is 5.97 Å². The van der Waals surface area contributed by atoms with Gasteiger partial charge in [0.2, 0.25) is 5.91 Å². The van der Waals surface area contributed by atoms with Crippen LogP contribution in [-0.4, -0.2) is 57.0 Å². The molecule has 8 heteroatoms. The molecule has 4 rings (SSSR count). The normalized spacial score (nSPS) is 31.7. The number of thioether (sulfide) groups is 1. The van der Waals surface area contributed by atoms with E-state index in [1.807, 2.05) is 6.92 Å². The monoisotopic (exact) mass is 431 g/mol. The lowest BCUT2D eigenvalue weighted by molar-refractivity contribution is -0.163. The summed E-state index contributed by atoms with van der Waals surface area (Å²) in [5, 5.41) is 23.6. The SMILES string of the molecule is C[C@@H](O)[C@H]1C(=O)N2C(C(=O)O)=C(S[C@@H]3CN[C@@H](Cc4ccc(CN)cc4)C3)[C@H](C)[C@H]12. The van der Waals surface area contributed by atoms with E-state index in [2.05, 4.69) is 29.6 Å². The molecule has 6 atom stereocenters.